The minimum atomic E-state index is 0.337. The first-order chi connectivity index (χ1) is 6.59. The van der Waals surface area contributed by atoms with Gasteiger partial charge in [-0.05, 0) is 33.6 Å². The second kappa shape index (κ2) is 5.69. The maximum Gasteiger partial charge on any atom is 0.0597 e. The predicted molar refractivity (Wildman–Crippen MR) is 59.3 cm³/mol. The Morgan fingerprint density at radius 1 is 1.43 bits per heavy atom. The quantitative estimate of drug-likeness (QED) is 0.741. The summed E-state index contributed by atoms with van der Waals surface area (Å²) in [6.45, 7) is 9.31. The Labute approximate surface area is 87.6 Å². The van der Waals surface area contributed by atoms with Crippen LogP contribution in [0.4, 0.5) is 0 Å². The van der Waals surface area contributed by atoms with Crippen molar-refractivity contribution >= 4 is 0 Å². The summed E-state index contributed by atoms with van der Waals surface area (Å²) in [4.78, 5) is 2.44. The first-order valence-electron chi connectivity index (χ1n) is 5.71. The van der Waals surface area contributed by atoms with Gasteiger partial charge in [-0.2, -0.15) is 0 Å². The van der Waals surface area contributed by atoms with Crippen molar-refractivity contribution < 1.29 is 4.74 Å². The van der Waals surface area contributed by atoms with Crippen LogP contribution in [0.15, 0.2) is 0 Å². The van der Waals surface area contributed by atoms with Crippen molar-refractivity contribution in [2.45, 2.75) is 51.8 Å². The normalized spacial score (nSPS) is 29.8. The standard InChI is InChI=1S/C11H24N2O/c1-9(2)14-7-6-13-8-11(12)5-4-10(13)3/h9-11H,4-8,12H2,1-3H3. The Balaban J connectivity index is 2.20. The zero-order chi connectivity index (χ0) is 10.6. The van der Waals surface area contributed by atoms with Gasteiger partial charge in [-0.25, -0.2) is 0 Å². The molecule has 1 saturated heterocycles. The summed E-state index contributed by atoms with van der Waals surface area (Å²) in [6.07, 6.45) is 2.73. The van der Waals surface area contributed by atoms with Crippen molar-refractivity contribution in [3.05, 3.63) is 0 Å². The SMILES string of the molecule is CC(C)OCCN1CC(N)CCC1C. The second-order valence-corrected chi connectivity index (χ2v) is 4.60. The van der Waals surface area contributed by atoms with Crippen molar-refractivity contribution in [1.29, 1.82) is 0 Å². The molecule has 0 radical (unpaired) electrons. The highest BCUT2D eigenvalue weighted by Gasteiger charge is 2.22. The molecular weight excluding hydrogens is 176 g/mol. The minimum Gasteiger partial charge on any atom is -0.377 e. The molecule has 2 N–H and O–H groups in total. The number of piperidine rings is 1. The Bertz CT molecular complexity index is 161. The van der Waals surface area contributed by atoms with Gasteiger partial charge in [0.05, 0.1) is 12.7 Å². The van der Waals surface area contributed by atoms with Crippen LogP contribution in [0.5, 0.6) is 0 Å². The number of nitrogens with two attached hydrogens (primary N) is 1. The summed E-state index contributed by atoms with van der Waals surface area (Å²) < 4.78 is 5.55. The summed E-state index contributed by atoms with van der Waals surface area (Å²) in [5, 5.41) is 0. The van der Waals surface area contributed by atoms with Gasteiger partial charge in [0.2, 0.25) is 0 Å². The molecule has 1 aliphatic heterocycles. The largest absolute Gasteiger partial charge is 0.377 e. The Hall–Kier alpha value is -0.120. The van der Waals surface area contributed by atoms with Gasteiger partial charge >= 0.3 is 0 Å². The van der Waals surface area contributed by atoms with Crippen LogP contribution in [-0.4, -0.2) is 42.8 Å². The highest BCUT2D eigenvalue weighted by Crippen LogP contribution is 2.15. The van der Waals surface area contributed by atoms with Gasteiger partial charge in [-0.3, -0.25) is 4.90 Å². The van der Waals surface area contributed by atoms with E-state index >= 15 is 0 Å². The van der Waals surface area contributed by atoms with Crippen molar-refractivity contribution in [2.75, 3.05) is 19.7 Å². The summed E-state index contributed by atoms with van der Waals surface area (Å²) in [5.41, 5.74) is 5.94. The number of likely N-dealkylation sites (tertiary alicyclic amines) is 1. The van der Waals surface area contributed by atoms with E-state index in [1.54, 1.807) is 0 Å². The molecule has 1 aliphatic rings. The zero-order valence-electron chi connectivity index (χ0n) is 9.70. The van der Waals surface area contributed by atoms with Gasteiger partial charge in [0.25, 0.3) is 0 Å². The lowest BCUT2D eigenvalue weighted by Crippen LogP contribution is -2.48. The van der Waals surface area contributed by atoms with Crippen molar-refractivity contribution in [2.24, 2.45) is 5.73 Å². The first-order valence-corrected chi connectivity index (χ1v) is 5.71. The number of nitrogens with zero attached hydrogens (tertiary/aromatic N) is 1. The molecule has 1 rings (SSSR count). The van der Waals surface area contributed by atoms with Crippen LogP contribution < -0.4 is 5.73 Å². The Kier molecular flexibility index (Phi) is 4.85. The minimum absolute atomic E-state index is 0.337. The third-order valence-corrected chi connectivity index (χ3v) is 2.88. The highest BCUT2D eigenvalue weighted by molar-refractivity contribution is 4.80. The molecule has 0 saturated carbocycles. The average Bonchev–Trinajstić information content (AvgIpc) is 2.10. The van der Waals surface area contributed by atoms with E-state index < -0.39 is 0 Å². The maximum atomic E-state index is 5.94. The van der Waals surface area contributed by atoms with E-state index in [0.29, 0.717) is 18.2 Å². The fourth-order valence-electron chi connectivity index (χ4n) is 1.93. The van der Waals surface area contributed by atoms with Crippen LogP contribution in [0.1, 0.15) is 33.6 Å². The van der Waals surface area contributed by atoms with E-state index in [-0.39, 0.29) is 0 Å². The Morgan fingerprint density at radius 3 is 2.79 bits per heavy atom. The monoisotopic (exact) mass is 200 g/mol. The molecule has 3 nitrogen and oxygen atoms in total. The number of ether oxygens (including phenoxy) is 1. The van der Waals surface area contributed by atoms with Gasteiger partial charge < -0.3 is 10.5 Å². The van der Waals surface area contributed by atoms with Gasteiger partial charge in [-0.1, -0.05) is 0 Å². The molecule has 0 bridgehead atoms. The second-order valence-electron chi connectivity index (χ2n) is 4.60. The molecule has 2 atom stereocenters. The van der Waals surface area contributed by atoms with Gasteiger partial charge in [0.15, 0.2) is 0 Å². The average molecular weight is 200 g/mol. The molecular formula is C11H24N2O. The summed E-state index contributed by atoms with van der Waals surface area (Å²) in [7, 11) is 0. The van der Waals surface area contributed by atoms with Crippen molar-refractivity contribution in [1.82, 2.24) is 4.90 Å². The number of hydrogen-bond acceptors (Lipinski definition) is 3. The molecule has 1 fully saturated rings. The van der Waals surface area contributed by atoms with Crippen molar-refractivity contribution in [3.63, 3.8) is 0 Å². The van der Waals surface area contributed by atoms with Crippen LogP contribution in [0, 0.1) is 0 Å². The molecule has 0 aromatic carbocycles. The van der Waals surface area contributed by atoms with Crippen LogP contribution in [-0.2, 0) is 4.74 Å². The third kappa shape index (κ3) is 3.95. The van der Waals surface area contributed by atoms with Crippen LogP contribution in [0.25, 0.3) is 0 Å². The summed E-state index contributed by atoms with van der Waals surface area (Å²) >= 11 is 0. The summed E-state index contributed by atoms with van der Waals surface area (Å²) in [5.74, 6) is 0. The molecule has 1 heterocycles. The van der Waals surface area contributed by atoms with E-state index in [1.807, 2.05) is 0 Å². The molecule has 3 heteroatoms. The number of hydrogen-bond donors (Lipinski definition) is 1. The molecule has 0 aliphatic carbocycles. The van der Waals surface area contributed by atoms with Crippen LogP contribution in [0.2, 0.25) is 0 Å². The van der Waals surface area contributed by atoms with Gasteiger partial charge in [0.1, 0.15) is 0 Å². The molecule has 0 aromatic rings. The summed E-state index contributed by atoms with van der Waals surface area (Å²) in [6, 6.07) is 1.04. The van der Waals surface area contributed by atoms with Crippen molar-refractivity contribution in [3.8, 4) is 0 Å². The van der Waals surface area contributed by atoms with E-state index in [4.69, 9.17) is 10.5 Å². The fourth-order valence-corrected chi connectivity index (χ4v) is 1.93. The van der Waals surface area contributed by atoms with E-state index in [9.17, 15) is 0 Å². The third-order valence-electron chi connectivity index (χ3n) is 2.88. The smallest absolute Gasteiger partial charge is 0.0597 e. The molecule has 2 unspecified atom stereocenters. The van der Waals surface area contributed by atoms with Crippen LogP contribution >= 0.6 is 0 Å². The van der Waals surface area contributed by atoms with E-state index in [2.05, 4.69) is 25.7 Å². The zero-order valence-corrected chi connectivity index (χ0v) is 9.70. The molecule has 84 valence electrons. The molecule has 0 amide bonds. The lowest BCUT2D eigenvalue weighted by Gasteiger charge is -2.36. The predicted octanol–water partition coefficient (Wildman–Crippen LogP) is 1.22. The lowest BCUT2D eigenvalue weighted by atomic mass is 10.0. The van der Waals surface area contributed by atoms with Crippen LogP contribution in [0.3, 0.4) is 0 Å². The van der Waals surface area contributed by atoms with E-state index in [1.165, 1.54) is 12.8 Å². The Morgan fingerprint density at radius 2 is 2.14 bits per heavy atom. The molecule has 14 heavy (non-hydrogen) atoms. The fraction of sp³-hybridized carbons (Fsp3) is 1.00. The molecule has 0 spiro atoms. The van der Waals surface area contributed by atoms with E-state index in [0.717, 1.165) is 19.7 Å². The topological polar surface area (TPSA) is 38.5 Å². The first kappa shape index (κ1) is 12.0. The van der Waals surface area contributed by atoms with Gasteiger partial charge in [-0.15, -0.1) is 0 Å². The number of rotatable bonds is 4. The van der Waals surface area contributed by atoms with Gasteiger partial charge in [0, 0.05) is 25.2 Å². The molecule has 0 aromatic heterocycles. The lowest BCUT2D eigenvalue weighted by molar-refractivity contribution is 0.0402. The highest BCUT2D eigenvalue weighted by atomic mass is 16.5. The maximum absolute atomic E-state index is 5.94.